The predicted molar refractivity (Wildman–Crippen MR) is 91.0 cm³/mol. The van der Waals surface area contributed by atoms with Crippen molar-refractivity contribution in [2.45, 2.75) is 45.1 Å². The molecule has 2 aliphatic rings. The smallest absolute Gasteiger partial charge is 0.412 e. The summed E-state index contributed by atoms with van der Waals surface area (Å²) in [6, 6.07) is 4.67. The summed E-state index contributed by atoms with van der Waals surface area (Å²) in [5.41, 5.74) is 0.335. The van der Waals surface area contributed by atoms with Crippen LogP contribution in [0.15, 0.2) is 18.2 Å². The lowest BCUT2D eigenvalue weighted by Gasteiger charge is -2.37. The van der Waals surface area contributed by atoms with Crippen molar-refractivity contribution in [2.75, 3.05) is 18.5 Å². The van der Waals surface area contributed by atoms with Crippen LogP contribution in [0.2, 0.25) is 0 Å². The quantitative estimate of drug-likeness (QED) is 0.880. The van der Waals surface area contributed by atoms with Gasteiger partial charge in [-0.1, -0.05) is 6.07 Å². The molecule has 3 rings (SSSR count). The molecular formula is C19H24FNO4. The van der Waals surface area contributed by atoms with Crippen molar-refractivity contribution in [2.24, 2.45) is 11.8 Å². The van der Waals surface area contributed by atoms with E-state index in [1.54, 1.807) is 32.9 Å². The molecule has 1 heterocycles. The number of halogens is 1. The summed E-state index contributed by atoms with van der Waals surface area (Å²) in [5.74, 6) is -0.363. The van der Waals surface area contributed by atoms with E-state index in [-0.39, 0.29) is 29.4 Å². The molecular weight excluding hydrogens is 325 g/mol. The maximum Gasteiger partial charge on any atom is 0.412 e. The molecule has 5 nitrogen and oxygen atoms in total. The Kier molecular flexibility index (Phi) is 4.82. The summed E-state index contributed by atoms with van der Waals surface area (Å²) < 4.78 is 25.2. The van der Waals surface area contributed by atoms with E-state index in [2.05, 4.69) is 5.32 Å². The van der Waals surface area contributed by atoms with Gasteiger partial charge in [-0.3, -0.25) is 10.1 Å². The number of hydrogen-bond acceptors (Lipinski definition) is 4. The first-order valence-electron chi connectivity index (χ1n) is 8.64. The highest BCUT2D eigenvalue weighted by Gasteiger charge is 2.40. The third-order valence-electron chi connectivity index (χ3n) is 4.67. The number of carbonyl (C=O) groups excluding carboxylic acids is 2. The van der Waals surface area contributed by atoms with Crippen LogP contribution in [-0.2, 0) is 14.3 Å². The number of carbonyl (C=O) groups is 2. The van der Waals surface area contributed by atoms with Crippen LogP contribution in [0.1, 0.15) is 45.1 Å². The molecule has 2 atom stereocenters. The van der Waals surface area contributed by atoms with Crippen molar-refractivity contribution in [1.82, 2.24) is 0 Å². The van der Waals surface area contributed by atoms with Crippen molar-refractivity contribution < 1.29 is 23.5 Å². The van der Waals surface area contributed by atoms with Gasteiger partial charge in [0.1, 0.15) is 17.2 Å². The topological polar surface area (TPSA) is 64.6 Å². The highest BCUT2D eigenvalue weighted by molar-refractivity contribution is 5.86. The molecule has 25 heavy (non-hydrogen) atoms. The lowest BCUT2D eigenvalue weighted by atomic mass is 9.71. The molecule has 0 radical (unpaired) electrons. The number of fused-ring (bicyclic) bond motifs is 2. The lowest BCUT2D eigenvalue weighted by Crippen LogP contribution is -2.42. The molecule has 0 aromatic heterocycles. The molecule has 2 unspecified atom stereocenters. The van der Waals surface area contributed by atoms with E-state index in [1.165, 1.54) is 6.07 Å². The average Bonchev–Trinajstić information content (AvgIpc) is 2.45. The zero-order chi connectivity index (χ0) is 18.2. The molecule has 136 valence electrons. The molecule has 1 aromatic carbocycles. The van der Waals surface area contributed by atoms with Gasteiger partial charge >= 0.3 is 6.09 Å². The monoisotopic (exact) mass is 349 g/mol. The first-order chi connectivity index (χ1) is 11.7. The van der Waals surface area contributed by atoms with Crippen molar-refractivity contribution in [1.29, 1.82) is 0 Å². The van der Waals surface area contributed by atoms with Crippen LogP contribution in [0, 0.1) is 17.7 Å². The zero-order valence-corrected chi connectivity index (χ0v) is 14.8. The van der Waals surface area contributed by atoms with Gasteiger partial charge in [-0.25, -0.2) is 9.18 Å². The summed E-state index contributed by atoms with van der Waals surface area (Å²) in [4.78, 5) is 23.9. The predicted octanol–water partition coefficient (Wildman–Crippen LogP) is 3.88. The Bertz CT molecular complexity index is 666. The van der Waals surface area contributed by atoms with E-state index < -0.39 is 11.7 Å². The van der Waals surface area contributed by atoms with Crippen molar-refractivity contribution in [3.8, 4) is 0 Å². The van der Waals surface area contributed by atoms with Gasteiger partial charge in [0.15, 0.2) is 0 Å². The molecule has 1 saturated heterocycles. The molecule has 1 aliphatic carbocycles. The molecule has 2 fully saturated rings. The van der Waals surface area contributed by atoms with Crippen LogP contribution in [0.5, 0.6) is 0 Å². The van der Waals surface area contributed by atoms with Crippen LogP contribution >= 0.6 is 0 Å². The van der Waals surface area contributed by atoms with Crippen LogP contribution in [-0.4, -0.2) is 30.7 Å². The van der Waals surface area contributed by atoms with Gasteiger partial charge in [0.05, 0.1) is 13.2 Å². The normalized spacial score (nSPS) is 26.2. The van der Waals surface area contributed by atoms with E-state index in [0.717, 1.165) is 0 Å². The Morgan fingerprint density at radius 1 is 1.20 bits per heavy atom. The highest BCUT2D eigenvalue weighted by Crippen LogP contribution is 2.41. The van der Waals surface area contributed by atoms with E-state index in [4.69, 9.17) is 9.47 Å². The molecule has 1 amide bonds. The van der Waals surface area contributed by atoms with Crippen LogP contribution in [0.4, 0.5) is 14.9 Å². The standard InChI is InChI=1S/C19H24FNO4/c1-19(2,3)25-18(23)21-14-4-5-15(16(20)8-14)11-6-12-9-24-10-13(7-11)17(12)22/h4-5,8,11-13H,6-7,9-10H2,1-3H3,(H,21,23). The maximum absolute atomic E-state index is 14.6. The van der Waals surface area contributed by atoms with Crippen molar-refractivity contribution >= 4 is 17.6 Å². The Morgan fingerprint density at radius 3 is 2.40 bits per heavy atom. The van der Waals surface area contributed by atoms with Gasteiger partial charge in [-0.05, 0) is 57.2 Å². The molecule has 1 aromatic rings. The molecule has 1 saturated carbocycles. The number of hydrogen-bond donors (Lipinski definition) is 1. The van der Waals surface area contributed by atoms with Gasteiger partial charge in [0.2, 0.25) is 0 Å². The minimum Gasteiger partial charge on any atom is -0.444 e. The van der Waals surface area contributed by atoms with E-state index in [1.807, 2.05) is 0 Å². The summed E-state index contributed by atoms with van der Waals surface area (Å²) in [6.45, 7) is 6.17. The maximum atomic E-state index is 14.6. The molecule has 2 bridgehead atoms. The van der Waals surface area contributed by atoms with Gasteiger partial charge in [0.25, 0.3) is 0 Å². The first-order valence-corrected chi connectivity index (χ1v) is 8.64. The largest absolute Gasteiger partial charge is 0.444 e. The SMILES string of the molecule is CC(C)(C)OC(=O)Nc1ccc(C2CC3COCC(C2)C3=O)c(F)c1. The number of anilines is 1. The zero-order valence-electron chi connectivity index (χ0n) is 14.8. The summed E-state index contributed by atoms with van der Waals surface area (Å²) in [6.07, 6.45) is 0.616. The Morgan fingerprint density at radius 2 is 1.84 bits per heavy atom. The molecule has 1 aliphatic heterocycles. The minimum atomic E-state index is -0.616. The summed E-state index contributed by atoms with van der Waals surface area (Å²) in [5, 5.41) is 2.54. The van der Waals surface area contributed by atoms with E-state index >= 15 is 0 Å². The third kappa shape index (κ3) is 4.18. The van der Waals surface area contributed by atoms with Crippen molar-refractivity contribution in [3.63, 3.8) is 0 Å². The summed E-state index contributed by atoms with van der Waals surface area (Å²) in [7, 11) is 0. The third-order valence-corrected chi connectivity index (χ3v) is 4.67. The number of ether oxygens (including phenoxy) is 2. The second-order valence-electron chi connectivity index (χ2n) is 7.87. The van der Waals surface area contributed by atoms with E-state index in [9.17, 15) is 14.0 Å². The minimum absolute atomic E-state index is 0.00665. The molecule has 0 spiro atoms. The second-order valence-corrected chi connectivity index (χ2v) is 7.87. The second kappa shape index (κ2) is 6.75. The number of Topliss-reactive ketones (excluding diaryl/α,β-unsaturated/α-hetero) is 1. The Labute approximate surface area is 146 Å². The van der Waals surface area contributed by atoms with Gasteiger partial charge in [-0.2, -0.15) is 0 Å². The van der Waals surface area contributed by atoms with Gasteiger partial charge in [-0.15, -0.1) is 0 Å². The van der Waals surface area contributed by atoms with Crippen molar-refractivity contribution in [3.05, 3.63) is 29.6 Å². The number of amides is 1. The summed E-state index contributed by atoms with van der Waals surface area (Å²) >= 11 is 0. The number of ketones is 1. The fourth-order valence-corrected chi connectivity index (χ4v) is 3.61. The fourth-order valence-electron chi connectivity index (χ4n) is 3.61. The lowest BCUT2D eigenvalue weighted by molar-refractivity contribution is -0.141. The number of nitrogens with one attached hydrogen (secondary N) is 1. The Hall–Kier alpha value is -1.95. The number of benzene rings is 1. The van der Waals surface area contributed by atoms with Crippen LogP contribution in [0.25, 0.3) is 0 Å². The van der Waals surface area contributed by atoms with E-state index in [0.29, 0.717) is 37.3 Å². The van der Waals surface area contributed by atoms with Crippen LogP contribution in [0.3, 0.4) is 0 Å². The Balaban J connectivity index is 1.70. The van der Waals surface area contributed by atoms with Gasteiger partial charge in [0, 0.05) is 17.5 Å². The highest BCUT2D eigenvalue weighted by atomic mass is 19.1. The fraction of sp³-hybridized carbons (Fsp3) is 0.579. The van der Waals surface area contributed by atoms with Gasteiger partial charge < -0.3 is 9.47 Å². The molecule has 1 N–H and O–H groups in total. The number of rotatable bonds is 2. The first kappa shape index (κ1) is 17.9. The van der Waals surface area contributed by atoms with Crippen LogP contribution < -0.4 is 5.32 Å². The average molecular weight is 349 g/mol. The molecule has 6 heteroatoms.